The highest BCUT2D eigenvalue weighted by molar-refractivity contribution is 4.68. The Hall–Kier alpha value is -0.120. The van der Waals surface area contributed by atoms with Crippen LogP contribution >= 0.6 is 0 Å². The zero-order valence-electron chi connectivity index (χ0n) is 14.0. The van der Waals surface area contributed by atoms with Crippen molar-refractivity contribution in [3.8, 4) is 0 Å². The second-order valence-corrected chi connectivity index (χ2v) is 6.37. The fourth-order valence-electron chi connectivity index (χ4n) is 2.87. The zero-order chi connectivity index (χ0) is 14.5. The maximum absolute atomic E-state index is 3.41. The third-order valence-electron chi connectivity index (χ3n) is 4.40. The molecule has 1 heterocycles. The average molecular weight is 284 g/mol. The van der Waals surface area contributed by atoms with Crippen molar-refractivity contribution in [2.24, 2.45) is 0 Å². The quantitative estimate of drug-likeness (QED) is 0.556. The topological polar surface area (TPSA) is 18.5 Å². The third kappa shape index (κ3) is 9.73. The molecule has 1 aliphatic heterocycles. The predicted molar refractivity (Wildman–Crippen MR) is 89.4 cm³/mol. The Morgan fingerprint density at radius 2 is 1.45 bits per heavy atom. The summed E-state index contributed by atoms with van der Waals surface area (Å²) in [6, 6.07) is 0. The van der Waals surface area contributed by atoms with Gasteiger partial charge in [-0.25, -0.2) is 0 Å². The van der Waals surface area contributed by atoms with Crippen molar-refractivity contribution in [3.05, 3.63) is 0 Å². The van der Waals surface area contributed by atoms with Crippen LogP contribution in [0.15, 0.2) is 0 Å². The highest BCUT2D eigenvalue weighted by atomic mass is 15.2. The van der Waals surface area contributed by atoms with E-state index in [0.29, 0.717) is 0 Å². The highest BCUT2D eigenvalue weighted by Gasteiger charge is 2.09. The molecule has 0 aromatic carbocycles. The minimum atomic E-state index is 1.17. The second-order valence-electron chi connectivity index (χ2n) is 6.37. The molecular formula is C17H37N3. The summed E-state index contributed by atoms with van der Waals surface area (Å²) in [4.78, 5) is 5.10. The Labute approximate surface area is 127 Å². The van der Waals surface area contributed by atoms with Gasteiger partial charge in [0.2, 0.25) is 0 Å². The van der Waals surface area contributed by atoms with Gasteiger partial charge in [-0.2, -0.15) is 0 Å². The molecule has 0 aromatic rings. The number of hydrogen-bond donors (Lipinski definition) is 1. The number of nitrogens with zero attached hydrogens (tertiary/aromatic N) is 2. The molecule has 1 aliphatic rings. The van der Waals surface area contributed by atoms with Gasteiger partial charge in [0.05, 0.1) is 0 Å². The molecule has 0 bridgehead atoms. The summed E-state index contributed by atoms with van der Waals surface area (Å²) in [5.74, 6) is 0. The van der Waals surface area contributed by atoms with E-state index in [0.717, 1.165) is 0 Å². The molecule has 0 spiro atoms. The molecule has 3 nitrogen and oxygen atoms in total. The lowest BCUT2D eigenvalue weighted by Gasteiger charge is -2.29. The minimum absolute atomic E-state index is 1.17. The molecule has 0 amide bonds. The summed E-state index contributed by atoms with van der Waals surface area (Å²) in [5.41, 5.74) is 0. The molecule has 0 atom stereocenters. The monoisotopic (exact) mass is 283 g/mol. The number of unbranched alkanes of at least 4 members (excludes halogenated alkanes) is 7. The first kappa shape index (κ1) is 17.9. The van der Waals surface area contributed by atoms with Crippen molar-refractivity contribution in [2.45, 2.75) is 58.3 Å². The van der Waals surface area contributed by atoms with Crippen LogP contribution in [0.5, 0.6) is 0 Å². The van der Waals surface area contributed by atoms with Gasteiger partial charge in [0.1, 0.15) is 0 Å². The molecule has 20 heavy (non-hydrogen) atoms. The van der Waals surface area contributed by atoms with Crippen molar-refractivity contribution in [1.82, 2.24) is 15.1 Å². The van der Waals surface area contributed by atoms with Crippen molar-refractivity contribution in [1.29, 1.82) is 0 Å². The van der Waals surface area contributed by atoms with Crippen LogP contribution in [0.25, 0.3) is 0 Å². The smallest absolute Gasteiger partial charge is 0.0110 e. The molecule has 1 fully saturated rings. The molecule has 3 heteroatoms. The molecule has 0 radical (unpaired) electrons. The predicted octanol–water partition coefficient (Wildman–Crippen LogP) is 2.96. The molecule has 1 saturated heterocycles. The van der Waals surface area contributed by atoms with E-state index >= 15 is 0 Å². The van der Waals surface area contributed by atoms with Crippen molar-refractivity contribution >= 4 is 0 Å². The van der Waals surface area contributed by atoms with Crippen molar-refractivity contribution in [2.75, 3.05) is 52.9 Å². The Morgan fingerprint density at radius 1 is 0.850 bits per heavy atom. The van der Waals surface area contributed by atoms with E-state index in [1.54, 1.807) is 0 Å². The summed E-state index contributed by atoms with van der Waals surface area (Å²) < 4.78 is 0. The summed E-state index contributed by atoms with van der Waals surface area (Å²) in [6.45, 7) is 10.8. The molecule has 1 rings (SSSR count). The number of hydrogen-bond acceptors (Lipinski definition) is 3. The van der Waals surface area contributed by atoms with E-state index in [-0.39, 0.29) is 0 Å². The Balaban J connectivity index is 1.83. The number of likely N-dealkylation sites (N-methyl/N-ethyl adjacent to an activating group) is 1. The van der Waals surface area contributed by atoms with E-state index < -0.39 is 0 Å². The third-order valence-corrected chi connectivity index (χ3v) is 4.40. The van der Waals surface area contributed by atoms with Crippen LogP contribution in [0.1, 0.15) is 58.3 Å². The van der Waals surface area contributed by atoms with Crippen LogP contribution < -0.4 is 5.32 Å². The lowest BCUT2D eigenvalue weighted by molar-refractivity contribution is 0.203. The molecule has 0 unspecified atom stereocenters. The van der Waals surface area contributed by atoms with Crippen LogP contribution in [0.3, 0.4) is 0 Å². The number of nitrogens with one attached hydrogen (secondary N) is 1. The fraction of sp³-hybridized carbons (Fsp3) is 1.00. The van der Waals surface area contributed by atoms with Crippen LogP contribution in [0.2, 0.25) is 0 Å². The van der Waals surface area contributed by atoms with E-state index in [2.05, 4.69) is 29.1 Å². The molecule has 0 aromatic heterocycles. The Morgan fingerprint density at radius 3 is 2.10 bits per heavy atom. The van der Waals surface area contributed by atoms with Gasteiger partial charge < -0.3 is 10.2 Å². The average Bonchev–Trinajstić information content (AvgIpc) is 2.49. The van der Waals surface area contributed by atoms with Gasteiger partial charge in [-0.15, -0.1) is 0 Å². The molecule has 1 N–H and O–H groups in total. The largest absolute Gasteiger partial charge is 0.314 e. The Bertz CT molecular complexity index is 202. The molecule has 0 saturated carbocycles. The first-order valence-electron chi connectivity index (χ1n) is 8.94. The summed E-state index contributed by atoms with van der Waals surface area (Å²) in [5, 5.41) is 3.41. The van der Waals surface area contributed by atoms with E-state index in [9.17, 15) is 0 Å². The van der Waals surface area contributed by atoms with Crippen LogP contribution in [-0.4, -0.2) is 62.7 Å². The Kier molecular flexibility index (Phi) is 11.3. The van der Waals surface area contributed by atoms with Gasteiger partial charge in [-0.3, -0.25) is 4.90 Å². The van der Waals surface area contributed by atoms with Gasteiger partial charge in [-0.05, 0) is 20.0 Å². The summed E-state index contributed by atoms with van der Waals surface area (Å²) >= 11 is 0. The normalized spacial score (nSPS) is 16.9. The number of rotatable bonds is 12. The number of piperazine rings is 1. The first-order chi connectivity index (χ1) is 9.83. The zero-order valence-corrected chi connectivity index (χ0v) is 14.0. The molecular weight excluding hydrogens is 246 g/mol. The fourth-order valence-corrected chi connectivity index (χ4v) is 2.87. The summed E-state index contributed by atoms with van der Waals surface area (Å²) in [7, 11) is 2.28. The van der Waals surface area contributed by atoms with E-state index in [1.165, 1.54) is 97.2 Å². The van der Waals surface area contributed by atoms with Gasteiger partial charge in [0.25, 0.3) is 0 Å². The van der Waals surface area contributed by atoms with Gasteiger partial charge >= 0.3 is 0 Å². The lowest BCUT2D eigenvalue weighted by atomic mass is 10.1. The van der Waals surface area contributed by atoms with E-state index in [4.69, 9.17) is 0 Å². The van der Waals surface area contributed by atoms with Crippen LogP contribution in [-0.2, 0) is 0 Å². The second kappa shape index (κ2) is 12.6. The maximum atomic E-state index is 3.41. The van der Waals surface area contributed by atoms with Gasteiger partial charge in [0, 0.05) is 39.3 Å². The molecule has 120 valence electrons. The minimum Gasteiger partial charge on any atom is -0.314 e. The SMILES string of the molecule is CCCCCCCCCCN(C)CCN1CCNCC1. The van der Waals surface area contributed by atoms with Crippen LogP contribution in [0.4, 0.5) is 0 Å². The lowest BCUT2D eigenvalue weighted by Crippen LogP contribution is -2.46. The van der Waals surface area contributed by atoms with E-state index in [1.807, 2.05) is 0 Å². The standard InChI is InChI=1S/C17H37N3/c1-3-4-5-6-7-8-9-10-13-19(2)16-17-20-14-11-18-12-15-20/h18H,3-17H2,1-2H3. The highest BCUT2D eigenvalue weighted by Crippen LogP contribution is 2.08. The van der Waals surface area contributed by atoms with Crippen molar-refractivity contribution < 1.29 is 0 Å². The maximum Gasteiger partial charge on any atom is 0.0110 e. The first-order valence-corrected chi connectivity index (χ1v) is 8.94. The molecule has 0 aliphatic carbocycles. The van der Waals surface area contributed by atoms with Gasteiger partial charge in [-0.1, -0.05) is 51.9 Å². The van der Waals surface area contributed by atoms with Gasteiger partial charge in [0.15, 0.2) is 0 Å². The van der Waals surface area contributed by atoms with Crippen LogP contribution in [0, 0.1) is 0 Å². The summed E-state index contributed by atoms with van der Waals surface area (Å²) in [6.07, 6.45) is 11.4. The van der Waals surface area contributed by atoms with Crippen molar-refractivity contribution in [3.63, 3.8) is 0 Å².